The van der Waals surface area contributed by atoms with Crippen molar-refractivity contribution in [3.63, 3.8) is 0 Å². The molecule has 17 heavy (non-hydrogen) atoms. The summed E-state index contributed by atoms with van der Waals surface area (Å²) < 4.78 is 1.62. The van der Waals surface area contributed by atoms with Crippen LogP contribution in [-0.4, -0.2) is 31.6 Å². The SMILES string of the molecule is Cn1nc(Cc2ccsc2)nc1SCC(=O)O. The zero-order chi connectivity index (χ0) is 12.3. The van der Waals surface area contributed by atoms with E-state index in [1.54, 1.807) is 23.1 Å². The molecule has 2 aromatic heterocycles. The largest absolute Gasteiger partial charge is 0.481 e. The van der Waals surface area contributed by atoms with Crippen LogP contribution in [-0.2, 0) is 18.3 Å². The smallest absolute Gasteiger partial charge is 0.313 e. The molecule has 0 aliphatic rings. The van der Waals surface area contributed by atoms with E-state index in [-0.39, 0.29) is 5.75 Å². The molecule has 0 unspecified atom stereocenters. The molecule has 1 N–H and O–H groups in total. The fourth-order valence-corrected chi connectivity index (χ4v) is 2.64. The number of aliphatic carboxylic acids is 1. The van der Waals surface area contributed by atoms with E-state index in [1.165, 1.54) is 17.3 Å². The Morgan fingerprint density at radius 2 is 2.47 bits per heavy atom. The van der Waals surface area contributed by atoms with Crippen LogP contribution in [0.3, 0.4) is 0 Å². The van der Waals surface area contributed by atoms with Gasteiger partial charge in [0.1, 0.15) is 0 Å². The van der Waals surface area contributed by atoms with Gasteiger partial charge in [-0.05, 0) is 22.4 Å². The molecule has 2 aromatic rings. The van der Waals surface area contributed by atoms with Crippen molar-refractivity contribution in [1.82, 2.24) is 14.8 Å². The van der Waals surface area contributed by atoms with Gasteiger partial charge in [-0.2, -0.15) is 16.4 Å². The van der Waals surface area contributed by atoms with E-state index >= 15 is 0 Å². The molecule has 0 bridgehead atoms. The first kappa shape index (κ1) is 12.1. The van der Waals surface area contributed by atoms with Crippen molar-refractivity contribution in [2.75, 3.05) is 5.75 Å². The summed E-state index contributed by atoms with van der Waals surface area (Å²) in [5.41, 5.74) is 1.18. The molecule has 7 heteroatoms. The van der Waals surface area contributed by atoms with Gasteiger partial charge < -0.3 is 5.11 Å². The monoisotopic (exact) mass is 269 g/mol. The minimum atomic E-state index is -0.850. The van der Waals surface area contributed by atoms with Crippen LogP contribution in [0.1, 0.15) is 11.4 Å². The lowest BCUT2D eigenvalue weighted by atomic mass is 10.2. The Balaban J connectivity index is 2.05. The molecule has 0 fully saturated rings. The van der Waals surface area contributed by atoms with Crippen LogP contribution < -0.4 is 0 Å². The highest BCUT2D eigenvalue weighted by Crippen LogP contribution is 2.16. The lowest BCUT2D eigenvalue weighted by molar-refractivity contribution is -0.133. The van der Waals surface area contributed by atoms with Gasteiger partial charge in [0.15, 0.2) is 11.0 Å². The molecule has 0 spiro atoms. The van der Waals surface area contributed by atoms with Gasteiger partial charge in [-0.15, -0.1) is 0 Å². The molecule has 0 aliphatic carbocycles. The first-order valence-electron chi connectivity index (χ1n) is 4.90. The summed E-state index contributed by atoms with van der Waals surface area (Å²) in [5.74, 6) is -0.124. The Bertz CT molecular complexity index is 508. The molecule has 90 valence electrons. The first-order valence-corrected chi connectivity index (χ1v) is 6.83. The highest BCUT2D eigenvalue weighted by Gasteiger charge is 2.10. The summed E-state index contributed by atoms with van der Waals surface area (Å²) in [7, 11) is 1.77. The maximum Gasteiger partial charge on any atom is 0.313 e. The second kappa shape index (κ2) is 5.33. The summed E-state index contributed by atoms with van der Waals surface area (Å²) in [4.78, 5) is 14.8. The number of carbonyl (C=O) groups is 1. The van der Waals surface area contributed by atoms with Gasteiger partial charge in [-0.25, -0.2) is 9.67 Å². The molecule has 0 aromatic carbocycles. The van der Waals surface area contributed by atoms with E-state index in [0.29, 0.717) is 11.6 Å². The molecule has 0 amide bonds. The minimum absolute atomic E-state index is 0.00439. The molecule has 2 heterocycles. The Hall–Kier alpha value is -1.34. The second-order valence-corrected chi connectivity index (χ2v) is 5.15. The van der Waals surface area contributed by atoms with Crippen molar-refractivity contribution in [1.29, 1.82) is 0 Å². The summed E-state index contributed by atoms with van der Waals surface area (Å²) in [6, 6.07) is 2.03. The molecule has 0 radical (unpaired) electrons. The second-order valence-electron chi connectivity index (χ2n) is 3.43. The average molecular weight is 269 g/mol. The van der Waals surface area contributed by atoms with Crippen LogP contribution >= 0.6 is 23.1 Å². The van der Waals surface area contributed by atoms with Gasteiger partial charge >= 0.3 is 5.97 Å². The number of nitrogens with zero attached hydrogens (tertiary/aromatic N) is 3. The van der Waals surface area contributed by atoms with E-state index in [1.807, 2.05) is 11.4 Å². The Morgan fingerprint density at radius 3 is 3.12 bits per heavy atom. The molecule has 0 saturated carbocycles. The van der Waals surface area contributed by atoms with Crippen molar-refractivity contribution in [2.45, 2.75) is 11.6 Å². The molecular formula is C10H11N3O2S2. The molecule has 0 saturated heterocycles. The third-order valence-electron chi connectivity index (χ3n) is 2.03. The first-order chi connectivity index (χ1) is 8.15. The molecular weight excluding hydrogens is 258 g/mol. The van der Waals surface area contributed by atoms with Crippen molar-refractivity contribution < 1.29 is 9.90 Å². The van der Waals surface area contributed by atoms with Crippen molar-refractivity contribution >= 4 is 29.1 Å². The summed E-state index contributed by atoms with van der Waals surface area (Å²) in [6.45, 7) is 0. The zero-order valence-electron chi connectivity index (χ0n) is 9.16. The van der Waals surface area contributed by atoms with Crippen molar-refractivity contribution in [3.05, 3.63) is 28.2 Å². The predicted molar refractivity (Wildman–Crippen MR) is 66.5 cm³/mol. The Kier molecular flexibility index (Phi) is 3.80. The fourth-order valence-electron chi connectivity index (χ4n) is 1.32. The van der Waals surface area contributed by atoms with Gasteiger partial charge in [0, 0.05) is 13.5 Å². The highest BCUT2D eigenvalue weighted by molar-refractivity contribution is 7.99. The number of carboxylic acid groups (broad SMARTS) is 1. The number of rotatable bonds is 5. The minimum Gasteiger partial charge on any atom is -0.481 e. The Morgan fingerprint density at radius 1 is 1.65 bits per heavy atom. The summed E-state index contributed by atoms with van der Waals surface area (Å²) in [6.07, 6.45) is 0.685. The summed E-state index contributed by atoms with van der Waals surface area (Å²) >= 11 is 2.82. The van der Waals surface area contributed by atoms with Crippen LogP contribution in [0.5, 0.6) is 0 Å². The van der Waals surface area contributed by atoms with Gasteiger partial charge in [0.2, 0.25) is 0 Å². The van der Waals surface area contributed by atoms with Crippen molar-refractivity contribution in [3.8, 4) is 0 Å². The standard InChI is InChI=1S/C10H11N3O2S2/c1-13-10(17-6-9(14)15)11-8(12-13)4-7-2-3-16-5-7/h2-3,5H,4,6H2,1H3,(H,14,15). The van der Waals surface area contributed by atoms with E-state index in [9.17, 15) is 4.79 Å². The van der Waals surface area contributed by atoms with E-state index < -0.39 is 5.97 Å². The van der Waals surface area contributed by atoms with Crippen LogP contribution in [0.15, 0.2) is 22.0 Å². The highest BCUT2D eigenvalue weighted by atomic mass is 32.2. The topological polar surface area (TPSA) is 68.0 Å². The normalized spacial score (nSPS) is 10.6. The third kappa shape index (κ3) is 3.31. The maximum absolute atomic E-state index is 10.5. The maximum atomic E-state index is 10.5. The molecule has 0 atom stereocenters. The van der Waals surface area contributed by atoms with Gasteiger partial charge in [-0.3, -0.25) is 4.79 Å². The number of thioether (sulfide) groups is 1. The molecule has 2 rings (SSSR count). The van der Waals surface area contributed by atoms with E-state index in [2.05, 4.69) is 15.5 Å². The fraction of sp³-hybridized carbons (Fsp3) is 0.300. The number of aryl methyl sites for hydroxylation is 1. The number of hydrogen-bond acceptors (Lipinski definition) is 5. The van der Waals surface area contributed by atoms with Crippen LogP contribution in [0.4, 0.5) is 0 Å². The van der Waals surface area contributed by atoms with Gasteiger partial charge in [-0.1, -0.05) is 11.8 Å². The predicted octanol–water partition coefficient (Wildman–Crippen LogP) is 1.64. The number of thiophene rings is 1. The lowest BCUT2D eigenvalue weighted by Crippen LogP contribution is -2.00. The van der Waals surface area contributed by atoms with E-state index in [0.717, 1.165) is 5.82 Å². The average Bonchev–Trinajstić information content (AvgIpc) is 2.86. The van der Waals surface area contributed by atoms with Crippen LogP contribution in [0.25, 0.3) is 0 Å². The van der Waals surface area contributed by atoms with Crippen molar-refractivity contribution in [2.24, 2.45) is 7.05 Å². The van der Waals surface area contributed by atoms with E-state index in [4.69, 9.17) is 5.11 Å². The number of hydrogen-bond donors (Lipinski definition) is 1. The summed E-state index contributed by atoms with van der Waals surface area (Å²) in [5, 5.41) is 17.6. The number of aromatic nitrogens is 3. The molecule has 5 nitrogen and oxygen atoms in total. The quantitative estimate of drug-likeness (QED) is 0.836. The van der Waals surface area contributed by atoms with Crippen LogP contribution in [0.2, 0.25) is 0 Å². The van der Waals surface area contributed by atoms with Gasteiger partial charge in [0.05, 0.1) is 5.75 Å². The molecule has 0 aliphatic heterocycles. The third-order valence-corrected chi connectivity index (χ3v) is 3.77. The van der Waals surface area contributed by atoms with Crippen LogP contribution in [0, 0.1) is 0 Å². The Labute approximate surface area is 106 Å². The van der Waals surface area contributed by atoms with Gasteiger partial charge in [0.25, 0.3) is 0 Å². The number of carboxylic acids is 1. The zero-order valence-corrected chi connectivity index (χ0v) is 10.8. The lowest BCUT2D eigenvalue weighted by Gasteiger charge is -1.94.